The average molecular weight is 356 g/mol. The van der Waals surface area contributed by atoms with E-state index in [4.69, 9.17) is 9.97 Å². The summed E-state index contributed by atoms with van der Waals surface area (Å²) in [6, 6.07) is 17.8. The molecule has 1 N–H and O–H groups in total. The van der Waals surface area contributed by atoms with Crippen LogP contribution < -0.4 is 5.32 Å². The lowest BCUT2D eigenvalue weighted by Crippen LogP contribution is -2.30. The average Bonchev–Trinajstić information content (AvgIpc) is 3.12. The van der Waals surface area contributed by atoms with Crippen LogP contribution in [0, 0.1) is 0 Å². The van der Waals surface area contributed by atoms with Gasteiger partial charge in [0.25, 0.3) is 0 Å². The van der Waals surface area contributed by atoms with Crippen molar-refractivity contribution >= 4 is 21.9 Å². The number of hydrogen-bond donors (Lipinski definition) is 1. The van der Waals surface area contributed by atoms with Crippen molar-refractivity contribution in [3.63, 3.8) is 0 Å². The number of rotatable bonds is 3. The van der Waals surface area contributed by atoms with E-state index >= 15 is 0 Å². The van der Waals surface area contributed by atoms with Crippen molar-refractivity contribution in [1.29, 1.82) is 0 Å². The highest BCUT2D eigenvalue weighted by Gasteiger charge is 2.21. The highest BCUT2D eigenvalue weighted by molar-refractivity contribution is 5.88. The van der Waals surface area contributed by atoms with Crippen LogP contribution in [0.25, 0.3) is 33.1 Å². The molecule has 4 heteroatoms. The standard InChI is InChI=1S/C23H24N4/c1-2-22-26-21-14-19(18-8-7-16-5-3-4-6-17(16)13-18)15-25-23(21)27(22)20-9-11-24-12-10-20/h3-8,13-15,20,24H,2,9-12H2,1H3. The molecule has 4 nitrogen and oxygen atoms in total. The summed E-state index contributed by atoms with van der Waals surface area (Å²) in [5, 5.41) is 5.97. The summed E-state index contributed by atoms with van der Waals surface area (Å²) in [6.07, 6.45) is 5.23. The highest BCUT2D eigenvalue weighted by atomic mass is 15.2. The van der Waals surface area contributed by atoms with Crippen LogP contribution in [-0.4, -0.2) is 27.6 Å². The maximum Gasteiger partial charge on any atom is 0.160 e. The Morgan fingerprint density at radius 3 is 2.63 bits per heavy atom. The fraction of sp³-hybridized carbons (Fsp3) is 0.304. The molecule has 0 saturated carbocycles. The van der Waals surface area contributed by atoms with E-state index in [-0.39, 0.29) is 0 Å². The van der Waals surface area contributed by atoms with E-state index in [9.17, 15) is 0 Å². The van der Waals surface area contributed by atoms with Gasteiger partial charge in [0.2, 0.25) is 0 Å². The Labute approximate surface area is 159 Å². The minimum Gasteiger partial charge on any atom is -0.317 e. The predicted octanol–water partition coefficient (Wildman–Crippen LogP) is 4.74. The first-order valence-electron chi connectivity index (χ1n) is 9.90. The van der Waals surface area contributed by atoms with Crippen LogP contribution in [0.2, 0.25) is 0 Å². The zero-order chi connectivity index (χ0) is 18.2. The van der Waals surface area contributed by atoms with Gasteiger partial charge in [0.15, 0.2) is 5.65 Å². The number of hydrogen-bond acceptors (Lipinski definition) is 3. The molecule has 1 saturated heterocycles. The van der Waals surface area contributed by atoms with E-state index in [0.29, 0.717) is 6.04 Å². The maximum atomic E-state index is 4.93. The smallest absolute Gasteiger partial charge is 0.160 e. The van der Waals surface area contributed by atoms with E-state index < -0.39 is 0 Å². The van der Waals surface area contributed by atoms with Crippen LogP contribution in [0.4, 0.5) is 0 Å². The molecule has 3 heterocycles. The van der Waals surface area contributed by atoms with Crippen LogP contribution >= 0.6 is 0 Å². The zero-order valence-corrected chi connectivity index (χ0v) is 15.7. The van der Waals surface area contributed by atoms with Crippen molar-refractivity contribution in [3.8, 4) is 11.1 Å². The summed E-state index contributed by atoms with van der Waals surface area (Å²) in [4.78, 5) is 9.80. The SMILES string of the molecule is CCc1nc2cc(-c3ccc4ccccc4c3)cnc2n1C1CCNCC1. The minimum absolute atomic E-state index is 0.505. The topological polar surface area (TPSA) is 42.7 Å². The van der Waals surface area contributed by atoms with Gasteiger partial charge in [-0.3, -0.25) is 0 Å². The second-order valence-electron chi connectivity index (χ2n) is 7.36. The van der Waals surface area contributed by atoms with Crippen molar-refractivity contribution < 1.29 is 0 Å². The molecule has 0 spiro atoms. The van der Waals surface area contributed by atoms with Crippen molar-refractivity contribution in [2.75, 3.05) is 13.1 Å². The summed E-state index contributed by atoms with van der Waals surface area (Å²) in [5.41, 5.74) is 4.36. The Morgan fingerprint density at radius 2 is 1.81 bits per heavy atom. The van der Waals surface area contributed by atoms with Gasteiger partial charge >= 0.3 is 0 Å². The summed E-state index contributed by atoms with van der Waals surface area (Å²) >= 11 is 0. The number of imidazole rings is 1. The normalized spacial score (nSPS) is 15.6. The Bertz CT molecular complexity index is 1110. The van der Waals surface area contributed by atoms with Crippen LogP contribution in [0.5, 0.6) is 0 Å². The van der Waals surface area contributed by atoms with Gasteiger partial charge in [0.05, 0.1) is 0 Å². The molecule has 0 unspecified atom stereocenters. The molecule has 27 heavy (non-hydrogen) atoms. The third-order valence-electron chi connectivity index (χ3n) is 5.68. The molecule has 0 aliphatic carbocycles. The van der Waals surface area contributed by atoms with Gasteiger partial charge in [0.1, 0.15) is 11.3 Å². The number of pyridine rings is 1. The van der Waals surface area contributed by atoms with E-state index in [1.165, 1.54) is 16.3 Å². The number of fused-ring (bicyclic) bond motifs is 2. The quantitative estimate of drug-likeness (QED) is 0.577. The summed E-state index contributed by atoms with van der Waals surface area (Å²) in [5.74, 6) is 1.15. The van der Waals surface area contributed by atoms with Gasteiger partial charge in [-0.25, -0.2) is 9.97 Å². The molecular weight excluding hydrogens is 332 g/mol. The first kappa shape index (κ1) is 16.5. The molecular formula is C23H24N4. The summed E-state index contributed by atoms with van der Waals surface area (Å²) in [6.45, 7) is 4.33. The molecule has 4 aromatic rings. The fourth-order valence-corrected chi connectivity index (χ4v) is 4.25. The molecule has 0 atom stereocenters. The number of benzene rings is 2. The number of piperidine rings is 1. The Kier molecular flexibility index (Phi) is 4.13. The van der Waals surface area contributed by atoms with Crippen molar-refractivity contribution in [2.45, 2.75) is 32.2 Å². The second-order valence-corrected chi connectivity index (χ2v) is 7.36. The first-order chi connectivity index (χ1) is 13.3. The lowest BCUT2D eigenvalue weighted by molar-refractivity contribution is 0.366. The lowest BCUT2D eigenvalue weighted by Gasteiger charge is -2.25. The number of aromatic nitrogens is 3. The van der Waals surface area contributed by atoms with Gasteiger partial charge in [-0.1, -0.05) is 43.3 Å². The van der Waals surface area contributed by atoms with E-state index in [1.807, 2.05) is 6.20 Å². The predicted molar refractivity (Wildman–Crippen MR) is 111 cm³/mol. The van der Waals surface area contributed by atoms with Crippen LogP contribution in [0.1, 0.15) is 31.6 Å². The van der Waals surface area contributed by atoms with Gasteiger partial charge in [0, 0.05) is 24.2 Å². The molecule has 1 fully saturated rings. The van der Waals surface area contributed by atoms with Crippen molar-refractivity contribution in [1.82, 2.24) is 19.9 Å². The highest BCUT2D eigenvalue weighted by Crippen LogP contribution is 2.30. The fourth-order valence-electron chi connectivity index (χ4n) is 4.25. The van der Waals surface area contributed by atoms with Crippen molar-refractivity contribution in [3.05, 3.63) is 60.6 Å². The van der Waals surface area contributed by atoms with Crippen molar-refractivity contribution in [2.24, 2.45) is 0 Å². The summed E-state index contributed by atoms with van der Waals surface area (Å²) in [7, 11) is 0. The largest absolute Gasteiger partial charge is 0.317 e. The Balaban J connectivity index is 1.60. The monoisotopic (exact) mass is 356 g/mol. The molecule has 1 aliphatic heterocycles. The van der Waals surface area contributed by atoms with E-state index in [0.717, 1.165) is 54.9 Å². The second kappa shape index (κ2) is 6.78. The molecule has 1 aliphatic rings. The van der Waals surface area contributed by atoms with Crippen LogP contribution in [-0.2, 0) is 6.42 Å². The van der Waals surface area contributed by atoms with Gasteiger partial charge in [-0.2, -0.15) is 0 Å². The van der Waals surface area contributed by atoms with Gasteiger partial charge in [-0.05, 0) is 54.4 Å². The molecule has 2 aromatic carbocycles. The lowest BCUT2D eigenvalue weighted by atomic mass is 10.0. The molecule has 0 bridgehead atoms. The molecule has 0 amide bonds. The van der Waals surface area contributed by atoms with Gasteiger partial charge in [-0.15, -0.1) is 0 Å². The zero-order valence-electron chi connectivity index (χ0n) is 15.7. The Hall–Kier alpha value is -2.72. The number of nitrogens with zero attached hydrogens (tertiary/aromatic N) is 3. The van der Waals surface area contributed by atoms with Crippen LogP contribution in [0.15, 0.2) is 54.7 Å². The third kappa shape index (κ3) is 2.90. The molecule has 2 aromatic heterocycles. The molecule has 5 rings (SSSR count). The number of nitrogens with one attached hydrogen (secondary N) is 1. The Morgan fingerprint density at radius 1 is 1.00 bits per heavy atom. The summed E-state index contributed by atoms with van der Waals surface area (Å²) < 4.78 is 2.39. The van der Waals surface area contributed by atoms with E-state index in [2.05, 4.69) is 65.3 Å². The van der Waals surface area contributed by atoms with Gasteiger partial charge < -0.3 is 9.88 Å². The molecule has 0 radical (unpaired) electrons. The maximum absolute atomic E-state index is 4.93. The van der Waals surface area contributed by atoms with Crippen LogP contribution in [0.3, 0.4) is 0 Å². The minimum atomic E-state index is 0.505. The van der Waals surface area contributed by atoms with E-state index in [1.54, 1.807) is 0 Å². The first-order valence-corrected chi connectivity index (χ1v) is 9.90. The number of aryl methyl sites for hydroxylation is 1. The molecule has 136 valence electrons. The third-order valence-corrected chi connectivity index (χ3v) is 5.68.